The molecule has 5 heteroatoms. The summed E-state index contributed by atoms with van der Waals surface area (Å²) in [6, 6.07) is 9.17. The van der Waals surface area contributed by atoms with E-state index in [1.807, 2.05) is 30.3 Å². The van der Waals surface area contributed by atoms with Gasteiger partial charge < -0.3 is 15.4 Å². The Bertz CT molecular complexity index is 486. The van der Waals surface area contributed by atoms with Crippen molar-refractivity contribution in [3.8, 4) is 0 Å². The second-order valence-electron chi connectivity index (χ2n) is 5.30. The van der Waals surface area contributed by atoms with E-state index in [9.17, 15) is 9.59 Å². The van der Waals surface area contributed by atoms with Crippen LogP contribution in [0.2, 0.25) is 0 Å². The molecule has 1 atom stereocenters. The van der Waals surface area contributed by atoms with Crippen LogP contribution in [0.5, 0.6) is 0 Å². The topological polar surface area (TPSA) is 72.6 Å². The SMILES string of the molecule is CCOC(=O)CN(C(=O)[C@@H](N)Cc1ccccc1)C1CC1. The minimum Gasteiger partial charge on any atom is -0.465 e. The highest BCUT2D eigenvalue weighted by atomic mass is 16.5. The summed E-state index contributed by atoms with van der Waals surface area (Å²) < 4.78 is 4.92. The average molecular weight is 290 g/mol. The number of hydrogen-bond acceptors (Lipinski definition) is 4. The van der Waals surface area contributed by atoms with Gasteiger partial charge in [-0.1, -0.05) is 30.3 Å². The van der Waals surface area contributed by atoms with Gasteiger partial charge in [0.15, 0.2) is 0 Å². The number of amides is 1. The summed E-state index contributed by atoms with van der Waals surface area (Å²) in [5.41, 5.74) is 7.04. The molecule has 114 valence electrons. The van der Waals surface area contributed by atoms with Crippen LogP contribution in [-0.4, -0.2) is 42.0 Å². The minimum absolute atomic E-state index is 0.000169. The molecule has 1 aliphatic carbocycles. The number of nitrogens with two attached hydrogens (primary N) is 1. The summed E-state index contributed by atoms with van der Waals surface area (Å²) in [6.07, 6.45) is 2.35. The minimum atomic E-state index is -0.623. The van der Waals surface area contributed by atoms with Crippen molar-refractivity contribution in [3.05, 3.63) is 35.9 Å². The molecule has 0 saturated heterocycles. The first-order valence-corrected chi connectivity index (χ1v) is 7.37. The van der Waals surface area contributed by atoms with Gasteiger partial charge in [-0.15, -0.1) is 0 Å². The lowest BCUT2D eigenvalue weighted by molar-refractivity contribution is -0.149. The molecule has 1 fully saturated rings. The molecule has 0 aromatic heterocycles. The highest BCUT2D eigenvalue weighted by molar-refractivity contribution is 5.86. The third-order valence-corrected chi connectivity index (χ3v) is 3.49. The van der Waals surface area contributed by atoms with Gasteiger partial charge in [0.25, 0.3) is 0 Å². The van der Waals surface area contributed by atoms with Crippen molar-refractivity contribution in [3.63, 3.8) is 0 Å². The van der Waals surface area contributed by atoms with Crippen LogP contribution >= 0.6 is 0 Å². The third-order valence-electron chi connectivity index (χ3n) is 3.49. The van der Waals surface area contributed by atoms with Crippen LogP contribution in [-0.2, 0) is 20.7 Å². The van der Waals surface area contributed by atoms with E-state index in [-0.39, 0.29) is 24.5 Å². The predicted molar refractivity (Wildman–Crippen MR) is 79.5 cm³/mol. The number of nitrogens with zero attached hydrogens (tertiary/aromatic N) is 1. The maximum absolute atomic E-state index is 12.5. The molecule has 2 N–H and O–H groups in total. The van der Waals surface area contributed by atoms with Gasteiger partial charge in [-0.3, -0.25) is 9.59 Å². The molecule has 0 heterocycles. The highest BCUT2D eigenvalue weighted by Crippen LogP contribution is 2.27. The normalized spacial score (nSPS) is 15.3. The highest BCUT2D eigenvalue weighted by Gasteiger charge is 2.36. The second kappa shape index (κ2) is 7.22. The lowest BCUT2D eigenvalue weighted by Gasteiger charge is -2.24. The van der Waals surface area contributed by atoms with E-state index >= 15 is 0 Å². The van der Waals surface area contributed by atoms with Gasteiger partial charge in [-0.05, 0) is 31.7 Å². The molecule has 2 rings (SSSR count). The van der Waals surface area contributed by atoms with Gasteiger partial charge in [-0.25, -0.2) is 0 Å². The lowest BCUT2D eigenvalue weighted by atomic mass is 10.1. The first-order chi connectivity index (χ1) is 10.1. The molecule has 21 heavy (non-hydrogen) atoms. The van der Waals surface area contributed by atoms with E-state index in [1.54, 1.807) is 11.8 Å². The van der Waals surface area contributed by atoms with E-state index in [1.165, 1.54) is 0 Å². The Morgan fingerprint density at radius 3 is 2.57 bits per heavy atom. The fourth-order valence-corrected chi connectivity index (χ4v) is 2.29. The number of ether oxygens (including phenoxy) is 1. The summed E-state index contributed by atoms with van der Waals surface area (Å²) in [4.78, 5) is 25.7. The van der Waals surface area contributed by atoms with E-state index in [2.05, 4.69) is 0 Å². The molecular formula is C16H22N2O3. The summed E-state index contributed by atoms with van der Waals surface area (Å²) >= 11 is 0. The Kier molecular flexibility index (Phi) is 5.33. The zero-order chi connectivity index (χ0) is 15.2. The smallest absolute Gasteiger partial charge is 0.325 e. The van der Waals surface area contributed by atoms with Crippen LogP contribution in [0.4, 0.5) is 0 Å². The van der Waals surface area contributed by atoms with Crippen LogP contribution in [0, 0.1) is 0 Å². The summed E-state index contributed by atoms with van der Waals surface area (Å²) in [5, 5.41) is 0. The van der Waals surface area contributed by atoms with Crippen molar-refractivity contribution in [2.75, 3.05) is 13.2 Å². The van der Waals surface area contributed by atoms with Crippen LogP contribution < -0.4 is 5.73 Å². The summed E-state index contributed by atoms with van der Waals surface area (Å²) in [5.74, 6) is -0.543. The third kappa shape index (κ3) is 4.56. The molecule has 5 nitrogen and oxygen atoms in total. The molecule has 0 bridgehead atoms. The monoisotopic (exact) mass is 290 g/mol. The van der Waals surface area contributed by atoms with Crippen molar-refractivity contribution in [1.82, 2.24) is 4.90 Å². The number of carbonyl (C=O) groups excluding carboxylic acids is 2. The van der Waals surface area contributed by atoms with Crippen molar-refractivity contribution in [1.29, 1.82) is 0 Å². The fraction of sp³-hybridized carbons (Fsp3) is 0.500. The number of rotatable bonds is 7. The van der Waals surface area contributed by atoms with E-state index in [0.717, 1.165) is 18.4 Å². The first kappa shape index (κ1) is 15.5. The molecule has 1 aromatic carbocycles. The Morgan fingerprint density at radius 2 is 2.00 bits per heavy atom. The number of hydrogen-bond donors (Lipinski definition) is 1. The van der Waals surface area contributed by atoms with Gasteiger partial charge in [0.1, 0.15) is 6.54 Å². The van der Waals surface area contributed by atoms with Crippen molar-refractivity contribution >= 4 is 11.9 Å². The van der Waals surface area contributed by atoms with Crippen molar-refractivity contribution < 1.29 is 14.3 Å². The fourth-order valence-electron chi connectivity index (χ4n) is 2.29. The molecule has 1 aromatic rings. The standard InChI is InChI=1S/C16H22N2O3/c1-2-21-15(19)11-18(13-8-9-13)16(20)14(17)10-12-6-4-3-5-7-12/h3-7,13-14H,2,8-11,17H2,1H3/t14-/m0/s1. The zero-order valence-electron chi connectivity index (χ0n) is 12.3. The molecule has 1 amide bonds. The molecular weight excluding hydrogens is 268 g/mol. The maximum atomic E-state index is 12.5. The van der Waals surface area contributed by atoms with Crippen LogP contribution in [0.3, 0.4) is 0 Å². The molecule has 1 saturated carbocycles. The number of benzene rings is 1. The molecule has 0 aliphatic heterocycles. The van der Waals surface area contributed by atoms with E-state index in [0.29, 0.717) is 13.0 Å². The summed E-state index contributed by atoms with van der Waals surface area (Å²) in [6.45, 7) is 2.07. The summed E-state index contributed by atoms with van der Waals surface area (Å²) in [7, 11) is 0. The van der Waals surface area contributed by atoms with Gasteiger partial charge in [0.2, 0.25) is 5.91 Å². The van der Waals surface area contributed by atoms with Gasteiger partial charge in [-0.2, -0.15) is 0 Å². The molecule has 0 unspecified atom stereocenters. The van der Waals surface area contributed by atoms with E-state index in [4.69, 9.17) is 10.5 Å². The molecule has 0 spiro atoms. The second-order valence-corrected chi connectivity index (χ2v) is 5.30. The Labute approximate surface area is 125 Å². The maximum Gasteiger partial charge on any atom is 0.325 e. The first-order valence-electron chi connectivity index (χ1n) is 7.37. The van der Waals surface area contributed by atoms with Crippen LogP contribution in [0.1, 0.15) is 25.3 Å². The Morgan fingerprint density at radius 1 is 1.33 bits per heavy atom. The Balaban J connectivity index is 1.96. The molecule has 1 aliphatic rings. The average Bonchev–Trinajstić information content (AvgIpc) is 3.30. The van der Waals surface area contributed by atoms with Crippen LogP contribution in [0.25, 0.3) is 0 Å². The number of esters is 1. The van der Waals surface area contributed by atoms with Gasteiger partial charge in [0, 0.05) is 6.04 Å². The quantitative estimate of drug-likeness (QED) is 0.764. The van der Waals surface area contributed by atoms with Crippen molar-refractivity contribution in [2.24, 2.45) is 5.73 Å². The Hall–Kier alpha value is -1.88. The lowest BCUT2D eigenvalue weighted by Crippen LogP contribution is -2.48. The number of carbonyl (C=O) groups is 2. The van der Waals surface area contributed by atoms with E-state index < -0.39 is 6.04 Å². The largest absolute Gasteiger partial charge is 0.465 e. The van der Waals surface area contributed by atoms with Crippen molar-refractivity contribution in [2.45, 2.75) is 38.3 Å². The zero-order valence-corrected chi connectivity index (χ0v) is 12.3. The predicted octanol–water partition coefficient (Wildman–Crippen LogP) is 1.11. The van der Waals surface area contributed by atoms with Gasteiger partial charge >= 0.3 is 5.97 Å². The van der Waals surface area contributed by atoms with Gasteiger partial charge in [0.05, 0.1) is 12.6 Å². The van der Waals surface area contributed by atoms with Crippen LogP contribution in [0.15, 0.2) is 30.3 Å². The molecule has 0 radical (unpaired) electrons.